The third kappa shape index (κ3) is 4.15. The Labute approximate surface area is 189 Å². The van der Waals surface area contributed by atoms with E-state index in [1.165, 1.54) is 32.1 Å². The predicted octanol–water partition coefficient (Wildman–Crippen LogP) is 6.33. The molecule has 5 heteroatoms. The Morgan fingerprint density at radius 3 is 2.47 bits per heavy atom. The van der Waals surface area contributed by atoms with Gasteiger partial charge in [-0.2, -0.15) is 0 Å². The summed E-state index contributed by atoms with van der Waals surface area (Å²) in [7, 11) is 1.71. The number of methoxy groups -OCH3 is 1. The molecule has 1 saturated carbocycles. The summed E-state index contributed by atoms with van der Waals surface area (Å²) in [4.78, 5) is 5.06. The molecule has 164 valence electrons. The fourth-order valence-electron chi connectivity index (χ4n) is 4.50. The number of hydrogen-bond acceptors (Lipinski definition) is 4. The molecule has 32 heavy (non-hydrogen) atoms. The van der Waals surface area contributed by atoms with Crippen LogP contribution >= 0.6 is 0 Å². The van der Waals surface area contributed by atoms with Crippen LogP contribution in [0, 0.1) is 0 Å². The van der Waals surface area contributed by atoms with Crippen molar-refractivity contribution >= 4 is 11.5 Å². The number of aromatic nitrogens is 2. The molecule has 5 rings (SSSR count). The zero-order valence-corrected chi connectivity index (χ0v) is 18.5. The second-order valence-electron chi connectivity index (χ2n) is 8.33. The van der Waals surface area contributed by atoms with Crippen molar-refractivity contribution in [1.82, 2.24) is 9.38 Å². The molecule has 1 N–H and O–H groups in total. The average Bonchev–Trinajstić information content (AvgIpc) is 3.22. The monoisotopic (exact) mass is 427 g/mol. The molecule has 0 atom stereocenters. The van der Waals surface area contributed by atoms with Gasteiger partial charge in [-0.05, 0) is 42.7 Å². The third-order valence-corrected chi connectivity index (χ3v) is 6.16. The Kier molecular flexibility index (Phi) is 5.97. The molecular weight excluding hydrogens is 398 g/mol. The number of imidazole rings is 1. The summed E-state index contributed by atoms with van der Waals surface area (Å²) in [6.45, 7) is 0.503. The van der Waals surface area contributed by atoms with E-state index in [9.17, 15) is 0 Å². The number of rotatable bonds is 7. The van der Waals surface area contributed by atoms with Crippen LogP contribution in [0.5, 0.6) is 11.5 Å². The minimum Gasteiger partial charge on any atom is -0.496 e. The summed E-state index contributed by atoms with van der Waals surface area (Å²) < 4.78 is 14.0. The van der Waals surface area contributed by atoms with Crippen molar-refractivity contribution in [1.29, 1.82) is 0 Å². The normalized spacial score (nSPS) is 14.4. The smallest absolute Gasteiger partial charge is 0.181 e. The van der Waals surface area contributed by atoms with Crippen LogP contribution in [0.4, 0.5) is 5.82 Å². The molecule has 0 bridgehead atoms. The highest BCUT2D eigenvalue weighted by Gasteiger charge is 2.22. The maximum Gasteiger partial charge on any atom is 0.181 e. The van der Waals surface area contributed by atoms with E-state index in [1.54, 1.807) is 7.11 Å². The van der Waals surface area contributed by atoms with Crippen molar-refractivity contribution < 1.29 is 9.47 Å². The first-order chi connectivity index (χ1) is 15.8. The van der Waals surface area contributed by atoms with Crippen LogP contribution < -0.4 is 14.8 Å². The number of ether oxygens (including phenoxy) is 2. The molecule has 2 heterocycles. The molecule has 1 fully saturated rings. The molecule has 0 aliphatic heterocycles. The summed E-state index contributed by atoms with van der Waals surface area (Å²) in [5.41, 5.74) is 3.81. The first kappa shape index (κ1) is 20.4. The fraction of sp³-hybridized carbons (Fsp3) is 0.296. The highest BCUT2D eigenvalue weighted by molar-refractivity contribution is 5.81. The van der Waals surface area contributed by atoms with E-state index in [-0.39, 0.29) is 0 Å². The second-order valence-corrected chi connectivity index (χ2v) is 8.33. The Bertz CT molecular complexity index is 1180. The van der Waals surface area contributed by atoms with Gasteiger partial charge in [-0.3, -0.25) is 4.40 Å². The molecule has 0 radical (unpaired) electrons. The number of pyridine rings is 1. The molecule has 0 amide bonds. The van der Waals surface area contributed by atoms with Gasteiger partial charge < -0.3 is 14.8 Å². The van der Waals surface area contributed by atoms with Gasteiger partial charge in [0.1, 0.15) is 23.9 Å². The van der Waals surface area contributed by atoms with Gasteiger partial charge in [-0.1, -0.05) is 61.7 Å². The van der Waals surface area contributed by atoms with Crippen molar-refractivity contribution in [3.8, 4) is 22.8 Å². The molecule has 0 spiro atoms. The van der Waals surface area contributed by atoms with Crippen LogP contribution in [0.1, 0.15) is 37.7 Å². The van der Waals surface area contributed by atoms with Gasteiger partial charge in [-0.25, -0.2) is 4.98 Å². The number of anilines is 1. The van der Waals surface area contributed by atoms with Crippen molar-refractivity contribution in [2.75, 3.05) is 12.4 Å². The molecule has 1 aliphatic carbocycles. The molecule has 2 aromatic carbocycles. The van der Waals surface area contributed by atoms with Crippen molar-refractivity contribution in [3.63, 3.8) is 0 Å². The Balaban J connectivity index is 1.57. The Morgan fingerprint density at radius 2 is 1.66 bits per heavy atom. The lowest BCUT2D eigenvalue weighted by Crippen LogP contribution is -2.23. The van der Waals surface area contributed by atoms with Crippen molar-refractivity contribution in [2.45, 2.75) is 44.8 Å². The number of nitrogens with one attached hydrogen (secondary N) is 1. The summed E-state index contributed by atoms with van der Waals surface area (Å²) in [6, 6.07) is 22.7. The number of fused-ring (bicyclic) bond motifs is 1. The van der Waals surface area contributed by atoms with Gasteiger partial charge in [0.15, 0.2) is 11.4 Å². The quantitative estimate of drug-likeness (QED) is 0.374. The minimum atomic E-state index is 0.450. The molecule has 0 unspecified atom stereocenters. The van der Waals surface area contributed by atoms with Gasteiger partial charge in [-0.15, -0.1) is 0 Å². The van der Waals surface area contributed by atoms with Crippen molar-refractivity contribution in [3.05, 3.63) is 78.5 Å². The average molecular weight is 428 g/mol. The highest BCUT2D eigenvalue weighted by Crippen LogP contribution is 2.38. The van der Waals surface area contributed by atoms with Crippen LogP contribution in [-0.2, 0) is 6.61 Å². The maximum absolute atomic E-state index is 6.21. The molecule has 2 aromatic heterocycles. The van der Waals surface area contributed by atoms with Crippen LogP contribution in [0.25, 0.3) is 16.9 Å². The Morgan fingerprint density at radius 1 is 0.906 bits per heavy atom. The van der Waals surface area contributed by atoms with Gasteiger partial charge in [0.2, 0.25) is 0 Å². The minimum absolute atomic E-state index is 0.450. The fourth-order valence-corrected chi connectivity index (χ4v) is 4.50. The standard InChI is InChI=1S/C27H29N3O2/c1-31-23-16-9-8-15-22(23)25-27(28-21-13-6-3-7-14-21)30-18-10-17-24(26(30)29-25)32-19-20-11-4-2-5-12-20/h2,4-5,8-12,15-18,21,28H,3,6-7,13-14,19H2,1H3. The zero-order valence-electron chi connectivity index (χ0n) is 18.5. The van der Waals surface area contributed by atoms with E-state index in [4.69, 9.17) is 14.5 Å². The van der Waals surface area contributed by atoms with E-state index in [1.807, 2.05) is 48.5 Å². The van der Waals surface area contributed by atoms with Crippen LogP contribution in [0.15, 0.2) is 72.9 Å². The molecule has 5 nitrogen and oxygen atoms in total. The largest absolute Gasteiger partial charge is 0.496 e. The molecule has 0 saturated heterocycles. The molecular formula is C27H29N3O2. The summed E-state index contributed by atoms with van der Waals surface area (Å²) in [6.07, 6.45) is 8.28. The number of hydrogen-bond donors (Lipinski definition) is 1. The van der Waals surface area contributed by atoms with Gasteiger partial charge in [0.25, 0.3) is 0 Å². The van der Waals surface area contributed by atoms with Crippen LogP contribution in [-0.4, -0.2) is 22.5 Å². The first-order valence-corrected chi connectivity index (χ1v) is 11.4. The van der Waals surface area contributed by atoms with E-state index >= 15 is 0 Å². The third-order valence-electron chi connectivity index (χ3n) is 6.16. The predicted molar refractivity (Wildman–Crippen MR) is 128 cm³/mol. The second kappa shape index (κ2) is 9.35. The maximum atomic E-state index is 6.21. The van der Waals surface area contributed by atoms with E-state index in [0.29, 0.717) is 12.6 Å². The van der Waals surface area contributed by atoms with Crippen LogP contribution in [0.3, 0.4) is 0 Å². The van der Waals surface area contributed by atoms with Gasteiger partial charge in [0.05, 0.1) is 7.11 Å². The lowest BCUT2D eigenvalue weighted by Gasteiger charge is -2.24. The number of para-hydroxylation sites is 1. The van der Waals surface area contributed by atoms with E-state index in [0.717, 1.165) is 39.8 Å². The van der Waals surface area contributed by atoms with Crippen LogP contribution in [0.2, 0.25) is 0 Å². The number of nitrogens with zero attached hydrogens (tertiary/aromatic N) is 2. The molecule has 4 aromatic rings. The summed E-state index contributed by atoms with van der Waals surface area (Å²) in [5.74, 6) is 2.58. The summed E-state index contributed by atoms with van der Waals surface area (Å²) >= 11 is 0. The highest BCUT2D eigenvalue weighted by atomic mass is 16.5. The lowest BCUT2D eigenvalue weighted by molar-refractivity contribution is 0.308. The molecule has 1 aliphatic rings. The first-order valence-electron chi connectivity index (χ1n) is 11.4. The zero-order chi connectivity index (χ0) is 21.8. The van der Waals surface area contributed by atoms with E-state index in [2.05, 4.69) is 34.1 Å². The number of benzene rings is 2. The van der Waals surface area contributed by atoms with Crippen molar-refractivity contribution in [2.24, 2.45) is 0 Å². The van der Waals surface area contributed by atoms with Gasteiger partial charge >= 0.3 is 0 Å². The Hall–Kier alpha value is -3.47. The summed E-state index contributed by atoms with van der Waals surface area (Å²) in [5, 5.41) is 3.81. The SMILES string of the molecule is COc1ccccc1-c1nc2c(OCc3ccccc3)cccn2c1NC1CCCCC1. The lowest BCUT2D eigenvalue weighted by atomic mass is 9.95. The van der Waals surface area contributed by atoms with Gasteiger partial charge in [0, 0.05) is 17.8 Å². The topological polar surface area (TPSA) is 47.8 Å². The van der Waals surface area contributed by atoms with E-state index < -0.39 is 0 Å².